The number of carbonyl (C=O) groups excluding carboxylic acids is 2. The number of nitrogens with one attached hydrogen (secondary N) is 1. The van der Waals surface area contributed by atoms with E-state index in [9.17, 15) is 24.9 Å². The number of rotatable bonds is 9. The van der Waals surface area contributed by atoms with Crippen molar-refractivity contribution >= 4 is 24.2 Å². The van der Waals surface area contributed by atoms with Crippen LogP contribution in [0.4, 0.5) is 0 Å². The van der Waals surface area contributed by atoms with Gasteiger partial charge in [0, 0.05) is 23.4 Å². The van der Waals surface area contributed by atoms with Crippen LogP contribution in [0.15, 0.2) is 23.2 Å². The highest BCUT2D eigenvalue weighted by Crippen LogP contribution is 2.36. The first-order valence-corrected chi connectivity index (χ1v) is 9.14. The fourth-order valence-corrected chi connectivity index (χ4v) is 3.20. The zero-order chi connectivity index (χ0) is 23.0. The van der Waals surface area contributed by atoms with E-state index in [1.165, 1.54) is 26.5 Å². The Balaban J connectivity index is 2.94. The van der Waals surface area contributed by atoms with Crippen molar-refractivity contribution in [2.24, 2.45) is 4.99 Å². The summed E-state index contributed by atoms with van der Waals surface area (Å²) in [4.78, 5) is 30.7. The van der Waals surface area contributed by atoms with Gasteiger partial charge in [0.25, 0.3) is 0 Å². The molecule has 0 aliphatic rings. The molecule has 1 aromatic carbocycles. The van der Waals surface area contributed by atoms with Gasteiger partial charge in [0.2, 0.25) is 0 Å². The molecule has 2 aromatic rings. The standard InChI is InChI=1S/C21H24N2O8/c1-30-18(28)6-5-14-19(17(7-22-11-27)23-20(14)21(29)31-2)13-4-3-12(8-24)15(9-25)16(13)10-26/h3-7,23-27H,8-11H2,1-2H3/b6-5+,22-7+. The normalized spacial score (nSPS) is 11.4. The molecule has 0 amide bonds. The lowest BCUT2D eigenvalue weighted by Gasteiger charge is -2.16. The molecule has 1 aromatic heterocycles. The van der Waals surface area contributed by atoms with Crippen LogP contribution in [0.5, 0.6) is 0 Å². The molecule has 31 heavy (non-hydrogen) atoms. The molecule has 0 bridgehead atoms. The Labute approximate surface area is 178 Å². The summed E-state index contributed by atoms with van der Waals surface area (Å²) in [6.45, 7) is -1.79. The van der Waals surface area contributed by atoms with Crippen molar-refractivity contribution < 1.29 is 39.5 Å². The largest absolute Gasteiger partial charge is 0.466 e. The topological polar surface area (TPSA) is 162 Å². The van der Waals surface area contributed by atoms with Crippen molar-refractivity contribution in [1.29, 1.82) is 0 Å². The van der Waals surface area contributed by atoms with Gasteiger partial charge in [-0.2, -0.15) is 0 Å². The van der Waals surface area contributed by atoms with Crippen molar-refractivity contribution in [3.8, 4) is 11.1 Å². The molecule has 0 radical (unpaired) electrons. The van der Waals surface area contributed by atoms with Gasteiger partial charge in [-0.15, -0.1) is 0 Å². The third-order valence-electron chi connectivity index (χ3n) is 4.63. The molecule has 10 nitrogen and oxygen atoms in total. The second-order valence-corrected chi connectivity index (χ2v) is 6.21. The second kappa shape index (κ2) is 11.2. The monoisotopic (exact) mass is 432 g/mol. The van der Waals surface area contributed by atoms with E-state index in [4.69, 9.17) is 9.84 Å². The zero-order valence-corrected chi connectivity index (χ0v) is 17.1. The van der Waals surface area contributed by atoms with Gasteiger partial charge in [-0.25, -0.2) is 9.59 Å². The van der Waals surface area contributed by atoms with Crippen LogP contribution in [0.2, 0.25) is 0 Å². The van der Waals surface area contributed by atoms with Crippen LogP contribution in [-0.4, -0.2) is 64.5 Å². The minimum atomic E-state index is -0.727. The lowest BCUT2D eigenvalue weighted by atomic mass is 9.90. The van der Waals surface area contributed by atoms with Crippen molar-refractivity contribution in [1.82, 2.24) is 4.98 Å². The van der Waals surface area contributed by atoms with E-state index < -0.39 is 31.9 Å². The molecule has 0 saturated heterocycles. The van der Waals surface area contributed by atoms with Gasteiger partial charge in [0.1, 0.15) is 12.4 Å². The summed E-state index contributed by atoms with van der Waals surface area (Å²) >= 11 is 0. The van der Waals surface area contributed by atoms with E-state index in [-0.39, 0.29) is 23.6 Å². The van der Waals surface area contributed by atoms with Crippen LogP contribution in [0.1, 0.15) is 38.4 Å². The Morgan fingerprint density at radius 1 is 1.03 bits per heavy atom. The maximum atomic E-state index is 12.4. The van der Waals surface area contributed by atoms with E-state index in [1.807, 2.05) is 0 Å². The highest BCUT2D eigenvalue weighted by Gasteiger charge is 2.25. The maximum Gasteiger partial charge on any atom is 0.355 e. The zero-order valence-electron chi connectivity index (χ0n) is 17.1. The second-order valence-electron chi connectivity index (χ2n) is 6.21. The van der Waals surface area contributed by atoms with Crippen LogP contribution < -0.4 is 0 Å². The molecule has 0 aliphatic carbocycles. The fraction of sp³-hybridized carbons (Fsp3) is 0.286. The summed E-state index contributed by atoms with van der Waals surface area (Å²) in [6.07, 6.45) is 3.75. The molecule has 1 heterocycles. The number of aliphatic hydroxyl groups excluding tert-OH is 4. The highest BCUT2D eigenvalue weighted by atomic mass is 16.5. The predicted octanol–water partition coefficient (Wildman–Crippen LogP) is 0.500. The van der Waals surface area contributed by atoms with Crippen LogP contribution in [0, 0.1) is 0 Å². The molecule has 166 valence electrons. The molecule has 0 aliphatic heterocycles. The lowest BCUT2D eigenvalue weighted by molar-refractivity contribution is -0.134. The van der Waals surface area contributed by atoms with Crippen LogP contribution in [0.3, 0.4) is 0 Å². The van der Waals surface area contributed by atoms with Gasteiger partial charge in [-0.1, -0.05) is 12.1 Å². The average Bonchev–Trinajstić information content (AvgIpc) is 3.17. The molecule has 2 rings (SSSR count). The van der Waals surface area contributed by atoms with E-state index in [0.29, 0.717) is 27.8 Å². The van der Waals surface area contributed by atoms with E-state index in [0.717, 1.165) is 6.08 Å². The SMILES string of the molecule is COC(=O)/C=C/c1c(C(=O)OC)[nH]c(/C=N/CO)c1-c1ccc(CO)c(CO)c1CO. The summed E-state index contributed by atoms with van der Waals surface area (Å²) in [5.41, 5.74) is 2.38. The number of aromatic amines is 1. The number of carbonyl (C=O) groups is 2. The van der Waals surface area contributed by atoms with Crippen LogP contribution in [-0.2, 0) is 34.1 Å². The maximum absolute atomic E-state index is 12.4. The fourth-order valence-electron chi connectivity index (χ4n) is 3.20. The van der Waals surface area contributed by atoms with Crippen molar-refractivity contribution in [2.75, 3.05) is 21.0 Å². The molecule has 0 spiro atoms. The van der Waals surface area contributed by atoms with Crippen LogP contribution in [0.25, 0.3) is 17.2 Å². The summed E-state index contributed by atoms with van der Waals surface area (Å²) in [6, 6.07) is 3.18. The Hall–Kier alpha value is -3.31. The van der Waals surface area contributed by atoms with Gasteiger partial charge in [0.05, 0.1) is 39.7 Å². The predicted molar refractivity (Wildman–Crippen MR) is 111 cm³/mol. The van der Waals surface area contributed by atoms with Gasteiger partial charge in [-0.05, 0) is 28.3 Å². The summed E-state index contributed by atoms with van der Waals surface area (Å²) < 4.78 is 9.44. The van der Waals surface area contributed by atoms with Gasteiger partial charge in [0.15, 0.2) is 0 Å². The number of hydrogen-bond acceptors (Lipinski definition) is 9. The average molecular weight is 432 g/mol. The number of nitrogens with zero attached hydrogens (tertiary/aromatic N) is 1. The first-order valence-electron chi connectivity index (χ1n) is 9.14. The summed E-state index contributed by atoms with van der Waals surface area (Å²) in [5, 5.41) is 38.5. The van der Waals surface area contributed by atoms with Gasteiger partial charge < -0.3 is 34.9 Å². The number of methoxy groups -OCH3 is 2. The number of H-pyrrole nitrogens is 1. The first kappa shape index (κ1) is 24.0. The Morgan fingerprint density at radius 2 is 1.74 bits per heavy atom. The summed E-state index contributed by atoms with van der Waals surface area (Å²) in [7, 11) is 2.40. The third-order valence-corrected chi connectivity index (χ3v) is 4.63. The molecule has 10 heteroatoms. The van der Waals surface area contributed by atoms with E-state index in [1.54, 1.807) is 12.1 Å². The number of ether oxygens (including phenoxy) is 2. The van der Waals surface area contributed by atoms with Gasteiger partial charge >= 0.3 is 11.9 Å². The van der Waals surface area contributed by atoms with Crippen molar-refractivity contribution in [3.63, 3.8) is 0 Å². The number of aliphatic imine (C=N–C) groups is 1. The van der Waals surface area contributed by atoms with Crippen molar-refractivity contribution in [3.05, 3.63) is 51.9 Å². The number of benzene rings is 1. The number of esters is 2. The quantitative estimate of drug-likeness (QED) is 0.217. The number of aromatic nitrogens is 1. The van der Waals surface area contributed by atoms with E-state index in [2.05, 4.69) is 14.7 Å². The van der Waals surface area contributed by atoms with Crippen molar-refractivity contribution in [2.45, 2.75) is 19.8 Å². The Kier molecular flexibility index (Phi) is 8.64. The number of hydrogen-bond donors (Lipinski definition) is 5. The third kappa shape index (κ3) is 5.06. The van der Waals surface area contributed by atoms with Gasteiger partial charge in [-0.3, -0.25) is 4.99 Å². The Morgan fingerprint density at radius 3 is 2.29 bits per heavy atom. The molecule has 0 saturated carbocycles. The smallest absolute Gasteiger partial charge is 0.355 e. The summed E-state index contributed by atoms with van der Waals surface area (Å²) in [5.74, 6) is -1.39. The highest BCUT2D eigenvalue weighted by molar-refractivity contribution is 6.03. The minimum absolute atomic E-state index is 0.00211. The van der Waals surface area contributed by atoms with E-state index >= 15 is 0 Å². The minimum Gasteiger partial charge on any atom is -0.466 e. The molecular weight excluding hydrogens is 408 g/mol. The molecule has 0 fully saturated rings. The first-order chi connectivity index (χ1) is 15.0. The molecular formula is C21H24N2O8. The molecule has 0 atom stereocenters. The van der Waals surface area contributed by atoms with Crippen LogP contribution >= 0.6 is 0 Å². The molecule has 0 unspecified atom stereocenters. The lowest BCUT2D eigenvalue weighted by Crippen LogP contribution is -2.05. The Bertz CT molecular complexity index is 1010. The number of aliphatic hydroxyl groups is 4. The molecule has 5 N–H and O–H groups in total.